The van der Waals surface area contributed by atoms with Crippen LogP contribution in [-0.4, -0.2) is 37.2 Å². The number of unbranched alkanes of at least 4 members (excludes halogenated alkanes) is 36. The average Bonchev–Trinajstić information content (AvgIpc) is 3.21. The molecule has 3 N–H and O–H groups in total. The summed E-state index contributed by atoms with van der Waals surface area (Å²) in [6, 6.07) is 0. The summed E-state index contributed by atoms with van der Waals surface area (Å²) in [5, 5.41) is 0. The van der Waals surface area contributed by atoms with E-state index >= 15 is 0 Å². The maximum atomic E-state index is 12.8. The molecular weight excluding hydrogens is 723 g/mol. The van der Waals surface area contributed by atoms with Gasteiger partial charge in [-0.15, -0.1) is 0 Å². The van der Waals surface area contributed by atoms with Gasteiger partial charge in [0.05, 0.1) is 0 Å². The first-order valence-electron chi connectivity index (χ1n) is 25.5. The van der Waals surface area contributed by atoms with Crippen molar-refractivity contribution >= 4 is 17.9 Å². The van der Waals surface area contributed by atoms with Crippen LogP contribution in [0.2, 0.25) is 0 Å². The normalized spacial score (nSPS) is 11.2. The third-order valence-corrected chi connectivity index (χ3v) is 11.6. The Morgan fingerprint density at radius 2 is 0.483 bits per heavy atom. The van der Waals surface area contributed by atoms with E-state index in [0.29, 0.717) is 19.3 Å². The molecule has 0 aliphatic carbocycles. The second kappa shape index (κ2) is 49.7. The van der Waals surface area contributed by atoms with E-state index in [9.17, 15) is 14.4 Å². The fraction of sp³-hybridized carbons (Fsp3) is 0.941. The lowest BCUT2D eigenvalue weighted by Gasteiger charge is -2.18. The molecule has 0 saturated carbocycles. The van der Waals surface area contributed by atoms with Crippen LogP contribution >= 0.6 is 0 Å². The van der Waals surface area contributed by atoms with Crippen molar-refractivity contribution < 1.29 is 28.6 Å². The van der Waals surface area contributed by atoms with Crippen molar-refractivity contribution in [2.75, 3.05) is 13.2 Å². The first kappa shape index (κ1) is 58.5. The summed E-state index contributed by atoms with van der Waals surface area (Å²) in [6.07, 6.45) is 49.3. The molecule has 0 saturated heterocycles. The molecule has 346 valence electrons. The van der Waals surface area contributed by atoms with Gasteiger partial charge >= 0.3 is 17.9 Å². The van der Waals surface area contributed by atoms with E-state index in [4.69, 9.17) is 14.2 Å². The molecule has 7 nitrogen and oxygen atoms in total. The van der Waals surface area contributed by atoms with Gasteiger partial charge in [0.1, 0.15) is 13.2 Å². The number of carbonyl (C=O) groups is 3. The maximum Gasteiger partial charge on any atom is 0.306 e. The third kappa shape index (κ3) is 47.1. The minimum Gasteiger partial charge on any atom is -0.462 e. The molecule has 7 heteroatoms. The molecule has 0 spiro atoms. The molecule has 0 bridgehead atoms. The van der Waals surface area contributed by atoms with Crippen LogP contribution in [0, 0.1) is 0 Å². The van der Waals surface area contributed by atoms with Gasteiger partial charge in [0.15, 0.2) is 6.10 Å². The monoisotopic (exact) mass is 824 g/mol. The van der Waals surface area contributed by atoms with Gasteiger partial charge in [-0.2, -0.15) is 0 Å². The summed E-state index contributed by atoms with van der Waals surface area (Å²) in [6.45, 7) is 6.67. The van der Waals surface area contributed by atoms with Crippen LogP contribution in [0.5, 0.6) is 0 Å². The Morgan fingerprint density at radius 1 is 0.293 bits per heavy atom. The Morgan fingerprint density at radius 3 is 0.707 bits per heavy atom. The van der Waals surface area contributed by atoms with Gasteiger partial charge < -0.3 is 20.4 Å². The standard InChI is InChI=1S/C51H98O6.H3N/c1-4-7-10-13-16-19-22-25-28-31-34-37-40-43-49(52)55-46-48(57-51(54)45-42-39-36-33-30-27-24-21-18-15-12-9-6-3)47-56-50(53)44-41-38-35-32-29-26-23-20-17-14-11-8-5-2;/h48H,4-47H2,1-3H3;1H3. The molecule has 0 rings (SSSR count). The predicted octanol–water partition coefficient (Wildman–Crippen LogP) is 16.6. The van der Waals surface area contributed by atoms with E-state index in [1.54, 1.807) is 0 Å². The number of rotatable bonds is 47. The highest BCUT2D eigenvalue weighted by molar-refractivity contribution is 5.71. The molecule has 0 aromatic carbocycles. The summed E-state index contributed by atoms with van der Waals surface area (Å²) in [7, 11) is 0. The zero-order valence-electron chi connectivity index (χ0n) is 39.3. The van der Waals surface area contributed by atoms with Gasteiger partial charge in [0.25, 0.3) is 0 Å². The van der Waals surface area contributed by atoms with E-state index in [0.717, 1.165) is 57.8 Å². The molecule has 0 aromatic rings. The molecule has 0 amide bonds. The second-order valence-corrected chi connectivity index (χ2v) is 17.5. The molecule has 0 aliphatic heterocycles. The number of hydrogen-bond donors (Lipinski definition) is 1. The van der Waals surface area contributed by atoms with Gasteiger partial charge in [0, 0.05) is 19.3 Å². The third-order valence-electron chi connectivity index (χ3n) is 11.6. The Kier molecular flexibility index (Phi) is 50.1. The van der Waals surface area contributed by atoms with E-state index in [1.807, 2.05) is 0 Å². The van der Waals surface area contributed by atoms with Crippen LogP contribution in [0.4, 0.5) is 0 Å². The molecule has 0 radical (unpaired) electrons. The Bertz CT molecular complexity index is 805. The number of carbonyl (C=O) groups excluding carboxylic acids is 3. The molecule has 0 heterocycles. The molecule has 58 heavy (non-hydrogen) atoms. The molecule has 0 aliphatic rings. The van der Waals surface area contributed by atoms with E-state index in [-0.39, 0.29) is 37.3 Å². The second-order valence-electron chi connectivity index (χ2n) is 17.5. The Balaban J connectivity index is 0. The number of esters is 3. The van der Waals surface area contributed by atoms with E-state index < -0.39 is 6.10 Å². The lowest BCUT2D eigenvalue weighted by Crippen LogP contribution is -2.30. The van der Waals surface area contributed by atoms with Crippen LogP contribution < -0.4 is 6.15 Å². The van der Waals surface area contributed by atoms with Crippen LogP contribution in [0.1, 0.15) is 290 Å². The maximum absolute atomic E-state index is 12.8. The first-order chi connectivity index (χ1) is 28.0. The van der Waals surface area contributed by atoms with Crippen molar-refractivity contribution in [1.29, 1.82) is 0 Å². The van der Waals surface area contributed by atoms with Gasteiger partial charge in [-0.25, -0.2) is 0 Å². The summed E-state index contributed by atoms with van der Waals surface area (Å²) < 4.78 is 16.8. The zero-order chi connectivity index (χ0) is 41.5. The lowest BCUT2D eigenvalue weighted by atomic mass is 10.0. The Labute approximate surface area is 361 Å². The topological polar surface area (TPSA) is 114 Å². The average molecular weight is 824 g/mol. The fourth-order valence-electron chi connectivity index (χ4n) is 7.74. The summed E-state index contributed by atoms with van der Waals surface area (Å²) in [5.41, 5.74) is 0. The van der Waals surface area contributed by atoms with Gasteiger partial charge in [-0.3, -0.25) is 14.4 Å². The van der Waals surface area contributed by atoms with Gasteiger partial charge in [0.2, 0.25) is 0 Å². The quantitative estimate of drug-likeness (QED) is 0.0369. The number of hydrogen-bond acceptors (Lipinski definition) is 7. The fourth-order valence-corrected chi connectivity index (χ4v) is 7.74. The van der Waals surface area contributed by atoms with E-state index in [2.05, 4.69) is 20.8 Å². The highest BCUT2D eigenvalue weighted by atomic mass is 16.6. The lowest BCUT2D eigenvalue weighted by molar-refractivity contribution is -0.167. The van der Waals surface area contributed by atoms with Crippen molar-refractivity contribution in [2.24, 2.45) is 0 Å². The summed E-state index contributed by atoms with van der Waals surface area (Å²) in [4.78, 5) is 37.9. The molecule has 0 atom stereocenters. The van der Waals surface area contributed by atoms with Crippen LogP contribution in [0.3, 0.4) is 0 Å². The molecule has 0 fully saturated rings. The van der Waals surface area contributed by atoms with Crippen LogP contribution in [0.15, 0.2) is 0 Å². The van der Waals surface area contributed by atoms with E-state index in [1.165, 1.54) is 193 Å². The zero-order valence-corrected chi connectivity index (χ0v) is 39.3. The molecule has 0 unspecified atom stereocenters. The van der Waals surface area contributed by atoms with Crippen molar-refractivity contribution in [3.8, 4) is 0 Å². The highest BCUT2D eigenvalue weighted by Crippen LogP contribution is 2.16. The van der Waals surface area contributed by atoms with Crippen molar-refractivity contribution in [3.63, 3.8) is 0 Å². The Hall–Kier alpha value is -1.63. The van der Waals surface area contributed by atoms with Gasteiger partial charge in [-0.1, -0.05) is 252 Å². The highest BCUT2D eigenvalue weighted by Gasteiger charge is 2.19. The van der Waals surface area contributed by atoms with Crippen molar-refractivity contribution in [1.82, 2.24) is 6.15 Å². The summed E-state index contributed by atoms with van der Waals surface area (Å²) in [5.74, 6) is -0.842. The smallest absolute Gasteiger partial charge is 0.306 e. The predicted molar refractivity (Wildman–Crippen MR) is 248 cm³/mol. The van der Waals surface area contributed by atoms with Crippen LogP contribution in [0.25, 0.3) is 0 Å². The minimum atomic E-state index is -0.759. The van der Waals surface area contributed by atoms with Crippen molar-refractivity contribution in [2.45, 2.75) is 297 Å². The first-order valence-corrected chi connectivity index (χ1v) is 25.5. The molecular formula is C51H101NO6. The van der Waals surface area contributed by atoms with Crippen molar-refractivity contribution in [3.05, 3.63) is 0 Å². The minimum absolute atomic E-state index is 0. The largest absolute Gasteiger partial charge is 0.462 e. The van der Waals surface area contributed by atoms with Gasteiger partial charge in [-0.05, 0) is 19.3 Å². The SMILES string of the molecule is CCCCCCCCCCCCCCCC(=O)OCC(COC(=O)CCCCCCCCCCCCCCC)OC(=O)CCCCCCCCCCCCCCC.N. The molecule has 0 aromatic heterocycles. The summed E-state index contributed by atoms with van der Waals surface area (Å²) >= 11 is 0. The number of ether oxygens (including phenoxy) is 3. The van der Waals surface area contributed by atoms with Crippen LogP contribution in [-0.2, 0) is 28.6 Å².